The maximum absolute atomic E-state index is 2.49. The van der Waals surface area contributed by atoms with Gasteiger partial charge in [0, 0.05) is 102 Å². The van der Waals surface area contributed by atoms with Gasteiger partial charge in [-0.25, -0.2) is 0 Å². The smallest absolute Gasteiger partial charge is 0.0491 e. The minimum absolute atomic E-state index is 1.11. The first kappa shape index (κ1) is 79.9. The molecule has 0 atom stereocenters. The van der Waals surface area contributed by atoms with Crippen LogP contribution in [0.1, 0.15) is 55.6 Å². The molecule has 0 aliphatic rings. The first-order chi connectivity index (χ1) is 60.6. The zero-order chi connectivity index (χ0) is 84.9. The van der Waals surface area contributed by atoms with Gasteiger partial charge in [0.05, 0.1) is 0 Å². The summed E-state index contributed by atoms with van der Waals surface area (Å²) in [7, 11) is 0. The van der Waals surface area contributed by atoms with Crippen LogP contribution in [0.15, 0.2) is 425 Å². The highest BCUT2D eigenvalue weighted by Crippen LogP contribution is 2.50. The van der Waals surface area contributed by atoms with E-state index in [-0.39, 0.29) is 0 Å². The van der Waals surface area contributed by atoms with E-state index >= 15 is 0 Å². The van der Waals surface area contributed by atoms with Crippen LogP contribution < -0.4 is 29.4 Å². The van der Waals surface area contributed by atoms with Crippen LogP contribution >= 0.6 is 0 Å². The molecular formula is C118H100N6. The second-order valence-electron chi connectivity index (χ2n) is 32.7. The highest BCUT2D eigenvalue weighted by molar-refractivity contribution is 5.92. The van der Waals surface area contributed by atoms with E-state index in [1.54, 1.807) is 0 Å². The van der Waals surface area contributed by atoms with Crippen LogP contribution in [-0.4, -0.2) is 0 Å². The summed E-state index contributed by atoms with van der Waals surface area (Å²) >= 11 is 0. The van der Waals surface area contributed by atoms with Crippen LogP contribution in [0.2, 0.25) is 0 Å². The maximum atomic E-state index is 2.49. The summed E-state index contributed by atoms with van der Waals surface area (Å²) in [5.74, 6) is 0. The van der Waals surface area contributed by atoms with E-state index in [1.807, 2.05) is 0 Å². The number of hydrogen-bond acceptors (Lipinski definition) is 6. The molecule has 18 aromatic carbocycles. The van der Waals surface area contributed by atoms with Gasteiger partial charge in [-0.1, -0.05) is 206 Å². The van der Waals surface area contributed by atoms with Gasteiger partial charge >= 0.3 is 0 Å². The van der Waals surface area contributed by atoms with Gasteiger partial charge in [0.25, 0.3) is 0 Å². The van der Waals surface area contributed by atoms with E-state index in [9.17, 15) is 0 Å². The molecule has 0 amide bonds. The van der Waals surface area contributed by atoms with Gasteiger partial charge in [-0.05, 0) is 399 Å². The molecule has 18 aromatic rings. The van der Waals surface area contributed by atoms with E-state index in [0.717, 1.165) is 169 Å². The average molecular weight is 1600 g/mol. The summed E-state index contributed by atoms with van der Waals surface area (Å²) in [5, 5.41) is 0. The summed E-state index contributed by atoms with van der Waals surface area (Å²) in [6, 6.07) is 155. The Morgan fingerprint density at radius 3 is 0.298 bits per heavy atom. The van der Waals surface area contributed by atoms with Crippen molar-refractivity contribution in [2.24, 2.45) is 0 Å². The van der Waals surface area contributed by atoms with Crippen molar-refractivity contribution >= 4 is 102 Å². The van der Waals surface area contributed by atoms with Gasteiger partial charge in [0.1, 0.15) is 0 Å². The molecule has 18 rings (SSSR count). The zero-order valence-corrected chi connectivity index (χ0v) is 72.1. The number of anilines is 18. The Kier molecular flexibility index (Phi) is 22.7. The second-order valence-corrected chi connectivity index (χ2v) is 32.7. The van der Waals surface area contributed by atoms with E-state index in [1.165, 1.54) is 44.5 Å². The van der Waals surface area contributed by atoms with Crippen molar-refractivity contribution in [3.8, 4) is 55.6 Å². The van der Waals surface area contributed by atoms with Crippen molar-refractivity contribution in [2.75, 3.05) is 29.4 Å². The minimum Gasteiger partial charge on any atom is -0.310 e. The van der Waals surface area contributed by atoms with Crippen LogP contribution in [0.3, 0.4) is 0 Å². The van der Waals surface area contributed by atoms with Crippen molar-refractivity contribution in [2.45, 2.75) is 69.2 Å². The van der Waals surface area contributed by atoms with Crippen molar-refractivity contribution in [1.29, 1.82) is 0 Å². The largest absolute Gasteiger partial charge is 0.310 e. The third kappa shape index (κ3) is 16.3. The summed E-state index contributed by atoms with van der Waals surface area (Å²) in [6.07, 6.45) is 0. The molecule has 124 heavy (non-hydrogen) atoms. The molecule has 602 valence electrons. The van der Waals surface area contributed by atoms with Gasteiger partial charge < -0.3 is 29.4 Å². The molecule has 0 aliphatic carbocycles. The predicted molar refractivity (Wildman–Crippen MR) is 529 cm³/mol. The topological polar surface area (TPSA) is 19.4 Å². The highest BCUT2D eigenvalue weighted by Gasteiger charge is 2.27. The first-order valence-electron chi connectivity index (χ1n) is 42.9. The third-order valence-electron chi connectivity index (χ3n) is 24.2. The number of benzene rings is 18. The molecular weight excluding hydrogens is 1500 g/mol. The zero-order valence-electron chi connectivity index (χ0n) is 72.1. The molecule has 6 heteroatoms. The normalized spacial score (nSPS) is 11.1. The average Bonchev–Trinajstić information content (AvgIpc) is 0.764. The standard InChI is InChI=1S/C118H100N6/c1-81-71-91(51-61-109(81)119(101-35-19-11-20-36-101)102-37-21-12-22-38-102)95-55-65-113(85(5)75-95)123(114-66-56-96(76-86(114)6)92-52-62-110(82(2)72-92)120(103-39-23-13-24-40-103)104-41-25-14-26-42-104)117-69-59-99(79-89(117)9)100-60-70-118(90(10)80-100)124(115-67-57-97(77-87(115)7)93-53-63-111(83(3)73-93)121(105-43-27-15-28-44-105)106-45-29-16-30-46-106)116-68-58-98(78-88(116)8)94-54-64-112(84(4)74-94)122(107-47-31-17-32-48-107)108-49-33-18-34-50-108/h11-80H,1-10H3. The lowest BCUT2D eigenvalue weighted by Gasteiger charge is -2.31. The fourth-order valence-corrected chi connectivity index (χ4v) is 18.0. The molecule has 0 saturated heterocycles. The van der Waals surface area contributed by atoms with Crippen LogP contribution in [0.25, 0.3) is 55.6 Å². The lowest BCUT2D eigenvalue weighted by molar-refractivity contribution is 1.20. The summed E-state index contributed by atoms with van der Waals surface area (Å²) in [4.78, 5) is 14.4. The number of para-hydroxylation sites is 8. The highest BCUT2D eigenvalue weighted by atomic mass is 15.2. The van der Waals surface area contributed by atoms with Crippen LogP contribution in [-0.2, 0) is 0 Å². The fraction of sp³-hybridized carbons (Fsp3) is 0.0847. The molecule has 6 nitrogen and oxygen atoms in total. The lowest BCUT2D eigenvalue weighted by Crippen LogP contribution is -2.14. The Balaban J connectivity index is 0.706. The maximum Gasteiger partial charge on any atom is 0.0491 e. The van der Waals surface area contributed by atoms with Crippen molar-refractivity contribution in [3.05, 3.63) is 480 Å². The molecule has 0 radical (unpaired) electrons. The Morgan fingerprint density at radius 1 is 0.105 bits per heavy atom. The molecule has 0 aromatic heterocycles. The van der Waals surface area contributed by atoms with Crippen molar-refractivity contribution in [3.63, 3.8) is 0 Å². The van der Waals surface area contributed by atoms with Crippen molar-refractivity contribution in [1.82, 2.24) is 0 Å². The molecule has 0 fully saturated rings. The summed E-state index contributed by atoms with van der Waals surface area (Å²) in [5.41, 5.74) is 43.5. The Bertz CT molecular complexity index is 5920. The van der Waals surface area contributed by atoms with Crippen LogP contribution in [0, 0.1) is 69.2 Å². The quantitative estimate of drug-likeness (QED) is 0.0631. The summed E-state index contributed by atoms with van der Waals surface area (Å²) in [6.45, 7) is 22.5. The molecule has 0 aliphatic heterocycles. The van der Waals surface area contributed by atoms with E-state index in [4.69, 9.17) is 0 Å². The number of aryl methyl sites for hydroxylation is 10. The summed E-state index contributed by atoms with van der Waals surface area (Å²) < 4.78 is 0. The van der Waals surface area contributed by atoms with E-state index in [0.29, 0.717) is 0 Å². The first-order valence-corrected chi connectivity index (χ1v) is 42.9. The van der Waals surface area contributed by atoms with Gasteiger partial charge in [0.2, 0.25) is 0 Å². The fourth-order valence-electron chi connectivity index (χ4n) is 18.0. The Hall–Kier alpha value is -15.2. The Labute approximate surface area is 732 Å². The molecule has 0 saturated carbocycles. The third-order valence-corrected chi connectivity index (χ3v) is 24.2. The second kappa shape index (κ2) is 35.2. The Morgan fingerprint density at radius 2 is 0.202 bits per heavy atom. The molecule has 0 spiro atoms. The SMILES string of the molecule is Cc1cc(-c2ccc(N(c3ccc(-c4ccc(N(c5ccccc5)c5ccccc5)c(C)c4)cc3C)c3ccc(-c4ccc(N(c5ccc(-c6ccc(N(c7ccccc7)c7ccccc7)c(C)c6)cc5C)c5ccc(-c6ccc(N(c7ccccc7)c7ccccc7)c(C)c6)cc5C)c(C)c4)cc3C)c(C)c2)ccc1N(c1ccccc1)c1ccccc1. The van der Waals surface area contributed by atoms with Crippen molar-refractivity contribution < 1.29 is 0 Å². The number of rotatable bonds is 23. The minimum atomic E-state index is 1.11. The lowest BCUT2D eigenvalue weighted by atomic mass is 9.95. The molecule has 0 heterocycles. The molecule has 0 N–H and O–H groups in total. The van der Waals surface area contributed by atoms with Crippen LogP contribution in [0.5, 0.6) is 0 Å². The van der Waals surface area contributed by atoms with Gasteiger partial charge in [-0.3, -0.25) is 0 Å². The molecule has 0 unspecified atom stereocenters. The van der Waals surface area contributed by atoms with Crippen LogP contribution in [0.4, 0.5) is 102 Å². The van der Waals surface area contributed by atoms with E-state index < -0.39 is 0 Å². The predicted octanol–water partition coefficient (Wildman–Crippen LogP) is 33.9. The number of nitrogens with zero attached hydrogens (tertiary/aromatic N) is 6. The van der Waals surface area contributed by atoms with Gasteiger partial charge in [-0.15, -0.1) is 0 Å². The van der Waals surface area contributed by atoms with E-state index in [2.05, 4.69) is 523 Å². The number of hydrogen-bond donors (Lipinski definition) is 0. The van der Waals surface area contributed by atoms with Gasteiger partial charge in [-0.2, -0.15) is 0 Å². The monoisotopic (exact) mass is 1600 g/mol. The molecule has 0 bridgehead atoms. The van der Waals surface area contributed by atoms with Gasteiger partial charge in [0.15, 0.2) is 0 Å².